The zero-order chi connectivity index (χ0) is 61.6. The summed E-state index contributed by atoms with van der Waals surface area (Å²) in [6.07, 6.45) is 9.48. The van der Waals surface area contributed by atoms with Crippen LogP contribution >= 0.6 is 39.6 Å². The van der Waals surface area contributed by atoms with E-state index in [-0.39, 0.29) is 34.9 Å². The Balaban J connectivity index is 0.000000223. The minimum Gasteiger partial charge on any atom is -0.387 e. The molecule has 0 radical (unpaired) electrons. The Kier molecular flexibility index (Phi) is 24.3. The number of hydrogen-bond acceptors (Lipinski definition) is 16. The van der Waals surface area contributed by atoms with Crippen LogP contribution in [0, 0.1) is 0 Å². The first-order valence-electron chi connectivity index (χ1n) is 28.5. The van der Waals surface area contributed by atoms with Crippen molar-refractivity contribution in [3.05, 3.63) is 107 Å². The number of hydrogen-bond donors (Lipinski definition) is 3. The molecular weight excluding hydrogens is 1150 g/mol. The largest absolute Gasteiger partial charge is 0.476 e. The minimum atomic E-state index is -3.98. The summed E-state index contributed by atoms with van der Waals surface area (Å²) in [5.74, 6) is -0.138. The van der Waals surface area contributed by atoms with Crippen LogP contribution < -0.4 is 0 Å². The molecule has 0 bridgehead atoms. The van der Waals surface area contributed by atoms with Gasteiger partial charge in [0.25, 0.3) is 8.53 Å². The van der Waals surface area contributed by atoms with Crippen molar-refractivity contribution in [3.63, 3.8) is 0 Å². The predicted molar refractivity (Wildman–Crippen MR) is 331 cm³/mol. The van der Waals surface area contributed by atoms with Crippen LogP contribution in [0.5, 0.6) is 0 Å². The molecule has 0 saturated carbocycles. The van der Waals surface area contributed by atoms with Crippen molar-refractivity contribution in [2.75, 3.05) is 52.5 Å². The van der Waals surface area contributed by atoms with Gasteiger partial charge in [0.1, 0.15) is 37.3 Å². The van der Waals surface area contributed by atoms with Crippen molar-refractivity contribution >= 4 is 51.4 Å². The first-order valence-corrected chi connectivity index (χ1v) is 31.8. The summed E-state index contributed by atoms with van der Waals surface area (Å²) in [5.41, 5.74) is 7.00. The Morgan fingerprint density at radius 1 is 0.619 bits per heavy atom. The lowest BCUT2D eigenvalue weighted by atomic mass is 9.89. The SMILES string of the molecule is CC(C)(C)OP(=O)(OCC(=O)N1CCC(c2[nH]nc(-c3ccc(Cl)cc3)c2-c2ccncn2)CC1)OC(C)(C)C.CCN(CC)P(OC(C)(C)C)OC(C)(C)C.O=C(CO)N1CCC(c2[nH]nc(-c3ccc(Cl)cc3)c2-c2ccncn2)CC1. The van der Waals surface area contributed by atoms with Gasteiger partial charge in [-0.2, -0.15) is 10.2 Å². The van der Waals surface area contributed by atoms with Gasteiger partial charge < -0.3 is 24.0 Å². The lowest BCUT2D eigenvalue weighted by Gasteiger charge is -2.36. The van der Waals surface area contributed by atoms with Crippen molar-refractivity contribution in [1.29, 1.82) is 0 Å². The van der Waals surface area contributed by atoms with E-state index in [0.29, 0.717) is 49.1 Å². The van der Waals surface area contributed by atoms with Gasteiger partial charge in [-0.1, -0.05) is 61.3 Å². The van der Waals surface area contributed by atoms with Gasteiger partial charge in [-0.15, -0.1) is 0 Å². The molecule has 6 heterocycles. The fourth-order valence-electron chi connectivity index (χ4n) is 9.29. The fourth-order valence-corrected chi connectivity index (χ4v) is 13.0. The number of nitrogens with one attached hydrogen (secondary N) is 2. The Morgan fingerprint density at radius 3 is 1.32 bits per heavy atom. The molecule has 2 saturated heterocycles. The van der Waals surface area contributed by atoms with E-state index in [1.165, 1.54) is 12.7 Å². The third kappa shape index (κ3) is 20.5. The molecule has 8 rings (SSSR count). The first-order chi connectivity index (χ1) is 39.5. The summed E-state index contributed by atoms with van der Waals surface area (Å²) in [5, 5.41) is 26.1. The van der Waals surface area contributed by atoms with Gasteiger partial charge >= 0.3 is 7.82 Å². The van der Waals surface area contributed by atoms with E-state index in [4.69, 9.17) is 50.9 Å². The van der Waals surface area contributed by atoms with Gasteiger partial charge in [-0.05, 0) is 145 Å². The minimum absolute atomic E-state index is 0.128. The first kappa shape index (κ1) is 68.0. The van der Waals surface area contributed by atoms with Gasteiger partial charge in [0.15, 0.2) is 0 Å². The molecule has 4 aromatic heterocycles. The number of carbonyl (C=O) groups is 2. The number of likely N-dealkylation sites (tertiary alicyclic amines) is 2. The molecule has 0 atom stereocenters. The molecule has 2 amide bonds. The third-order valence-corrected chi connectivity index (χ3v) is 17.9. The lowest BCUT2D eigenvalue weighted by Crippen LogP contribution is -2.40. The molecule has 0 aliphatic carbocycles. The lowest BCUT2D eigenvalue weighted by molar-refractivity contribution is -0.136. The number of amides is 2. The number of benzene rings is 2. The molecule has 0 spiro atoms. The number of H-pyrrole nitrogens is 2. The molecule has 0 unspecified atom stereocenters. The van der Waals surface area contributed by atoms with Crippen molar-refractivity contribution < 1.29 is 41.9 Å². The summed E-state index contributed by atoms with van der Waals surface area (Å²) in [7, 11) is -4.95. The van der Waals surface area contributed by atoms with Gasteiger partial charge in [-0.25, -0.2) is 29.2 Å². The number of aromatic amines is 2. The number of piperidine rings is 2. The zero-order valence-corrected chi connectivity index (χ0v) is 54.4. The van der Waals surface area contributed by atoms with Crippen LogP contribution in [0.3, 0.4) is 0 Å². The standard InChI is InChI=1S/C28H37ClN5O5P.C20H20ClN5O2.C12H28NO2P/c1-27(2,3)38-40(36,39-28(4,5)6)37-17-23(35)34-15-12-20(13-16-34)26-24(22-11-14-30-18-31-22)25(32-33-26)19-7-9-21(29)10-8-19;21-15-3-1-13(2-4-15)19-18(16-5-8-22-12-23-16)20(25-24-19)14-6-9-26(10-7-14)17(28)11-27;1-9-13(10-2)16(14-11(3,4)5)15-12(6,7)8/h7-11,14,18,20H,12-13,15-17H2,1-6H3,(H,32,33);1-5,8,12,14,27H,6-7,9-11H2,(H,24,25);9-10H2,1-8H3. The summed E-state index contributed by atoms with van der Waals surface area (Å²) < 4.78 is 44.4. The zero-order valence-electron chi connectivity index (χ0n) is 51.1. The Hall–Kier alpha value is -5.08. The highest BCUT2D eigenvalue weighted by Gasteiger charge is 2.39. The summed E-state index contributed by atoms with van der Waals surface area (Å²) in [6.45, 7) is 30.5. The smallest absolute Gasteiger partial charge is 0.387 e. The topological polar surface area (TPSA) is 236 Å². The molecule has 24 heteroatoms. The van der Waals surface area contributed by atoms with E-state index in [0.717, 1.165) is 82.3 Å². The van der Waals surface area contributed by atoms with E-state index in [9.17, 15) is 14.2 Å². The number of halogens is 2. The Labute approximate surface area is 507 Å². The molecule has 2 aliphatic rings. The number of carbonyl (C=O) groups excluding carboxylic acids is 2. The molecule has 3 N–H and O–H groups in total. The van der Waals surface area contributed by atoms with Crippen molar-refractivity contribution in [3.8, 4) is 45.0 Å². The van der Waals surface area contributed by atoms with Gasteiger partial charge in [0.05, 0.1) is 33.8 Å². The monoisotopic (exact) mass is 1240 g/mol. The summed E-state index contributed by atoms with van der Waals surface area (Å²) in [6, 6.07) is 18.8. The van der Waals surface area contributed by atoms with Crippen LogP contribution in [0.2, 0.25) is 10.0 Å². The molecule has 2 aromatic carbocycles. The number of phosphoric ester groups is 1. The highest BCUT2D eigenvalue weighted by Crippen LogP contribution is 2.55. The second kappa shape index (κ2) is 30.0. The molecule has 2 fully saturated rings. The van der Waals surface area contributed by atoms with Gasteiger partial charge in [-0.3, -0.25) is 33.4 Å². The maximum absolute atomic E-state index is 13.3. The fraction of sp³-hybridized carbons (Fsp3) is 0.533. The van der Waals surface area contributed by atoms with Crippen LogP contribution in [-0.2, 0) is 36.8 Å². The van der Waals surface area contributed by atoms with Crippen molar-refractivity contribution in [2.24, 2.45) is 0 Å². The van der Waals surface area contributed by atoms with Crippen molar-refractivity contribution in [1.82, 2.24) is 54.8 Å². The van der Waals surface area contributed by atoms with E-state index in [2.05, 4.69) is 100 Å². The van der Waals surface area contributed by atoms with E-state index >= 15 is 0 Å². The number of aromatic nitrogens is 8. The maximum atomic E-state index is 13.3. The van der Waals surface area contributed by atoms with Crippen LogP contribution in [-0.4, -0.2) is 147 Å². The van der Waals surface area contributed by atoms with Crippen LogP contribution in [0.15, 0.2) is 85.7 Å². The highest BCUT2D eigenvalue weighted by molar-refractivity contribution is 7.48. The summed E-state index contributed by atoms with van der Waals surface area (Å²) in [4.78, 5) is 45.2. The second-order valence-corrected chi connectivity index (χ2v) is 28.1. The van der Waals surface area contributed by atoms with Gasteiger partial charge in [0.2, 0.25) is 11.8 Å². The average Bonchev–Trinajstić information content (AvgIpc) is 3.36. The number of aliphatic hydroxyl groups is 1. The quantitative estimate of drug-likeness (QED) is 0.0720. The number of phosphoric acid groups is 1. The molecular formula is C60H85Cl2N11O9P2. The van der Waals surface area contributed by atoms with Crippen LogP contribution in [0.25, 0.3) is 45.0 Å². The molecule has 458 valence electrons. The van der Waals surface area contributed by atoms with Gasteiger partial charge in [0, 0.05) is 107 Å². The van der Waals surface area contributed by atoms with Crippen LogP contribution in [0.4, 0.5) is 0 Å². The van der Waals surface area contributed by atoms with Crippen LogP contribution in [0.1, 0.15) is 146 Å². The second-order valence-electron chi connectivity index (χ2n) is 24.3. The number of aliphatic hydroxyl groups excluding tert-OH is 1. The Morgan fingerprint density at radius 2 is 1.00 bits per heavy atom. The Bertz CT molecular complexity index is 3020. The van der Waals surface area contributed by atoms with E-state index < -0.39 is 40.8 Å². The number of nitrogens with zero attached hydrogens (tertiary/aromatic N) is 9. The van der Waals surface area contributed by atoms with E-state index in [1.54, 1.807) is 63.7 Å². The molecule has 20 nitrogen and oxygen atoms in total. The summed E-state index contributed by atoms with van der Waals surface area (Å²) >= 11 is 12.1. The highest BCUT2D eigenvalue weighted by atomic mass is 35.5. The predicted octanol–water partition coefficient (Wildman–Crippen LogP) is 13.7. The molecule has 6 aromatic rings. The molecule has 84 heavy (non-hydrogen) atoms. The number of rotatable bonds is 17. The third-order valence-electron chi connectivity index (χ3n) is 12.9. The maximum Gasteiger partial charge on any atom is 0.476 e. The average molecular weight is 1240 g/mol. The normalized spacial score (nSPS) is 15.0. The molecule has 2 aliphatic heterocycles. The van der Waals surface area contributed by atoms with Crippen molar-refractivity contribution in [2.45, 2.75) is 157 Å². The van der Waals surface area contributed by atoms with E-state index in [1.807, 2.05) is 60.7 Å².